The molecule has 0 N–H and O–H groups in total. The Bertz CT molecular complexity index is 648. The number of hydrogen-bond donors (Lipinski definition) is 0. The summed E-state index contributed by atoms with van der Waals surface area (Å²) in [7, 11) is 0. The molecule has 0 atom stereocenters. The molecule has 0 unspecified atom stereocenters. The first-order valence-electron chi connectivity index (χ1n) is 4.73. The number of aromatic nitrogens is 2. The molecule has 1 heterocycles. The van der Waals surface area contributed by atoms with E-state index >= 15 is 0 Å². The number of hydrogen-bond acceptors (Lipinski definition) is 3. The maximum atomic E-state index is 13.0. The van der Waals surface area contributed by atoms with Crippen molar-refractivity contribution >= 4 is 11.1 Å². The molecule has 0 aliphatic carbocycles. The van der Waals surface area contributed by atoms with Gasteiger partial charge in [-0.2, -0.15) is 0 Å². The van der Waals surface area contributed by atoms with Crippen molar-refractivity contribution in [2.75, 3.05) is 0 Å². The highest BCUT2D eigenvalue weighted by molar-refractivity contribution is 5.79. The van der Waals surface area contributed by atoms with E-state index in [1.54, 1.807) is 18.2 Å². The van der Waals surface area contributed by atoms with Crippen LogP contribution in [0.3, 0.4) is 0 Å². The summed E-state index contributed by atoms with van der Waals surface area (Å²) < 4.78 is 18.0. The van der Waals surface area contributed by atoms with Crippen molar-refractivity contribution in [3.8, 4) is 11.1 Å². The molecule has 0 saturated carbocycles. The Morgan fingerprint density at radius 2 is 2.12 bits per heavy atom. The van der Waals surface area contributed by atoms with E-state index in [0.717, 1.165) is 5.56 Å². The molecule has 3 rings (SSSR count). The molecule has 4 heteroatoms. The highest BCUT2D eigenvalue weighted by atomic mass is 19.1. The smallest absolute Gasteiger partial charge is 0.188 e. The molecule has 0 spiro atoms. The predicted octanol–water partition coefficient (Wildman–Crippen LogP) is 2.83. The highest BCUT2D eigenvalue weighted by Gasteiger charge is 2.04. The fraction of sp³-hybridized carbons (Fsp3) is 0. The summed E-state index contributed by atoms with van der Waals surface area (Å²) in [5.74, 6) is -0.287. The number of benzene rings is 2. The lowest BCUT2D eigenvalue weighted by Gasteiger charge is -1.99. The van der Waals surface area contributed by atoms with Crippen molar-refractivity contribution in [2.24, 2.45) is 0 Å². The first-order chi connectivity index (χ1) is 7.83. The largest absolute Gasteiger partial charge is 0.337 e. The van der Waals surface area contributed by atoms with Gasteiger partial charge < -0.3 is 4.52 Å². The van der Waals surface area contributed by atoms with Crippen molar-refractivity contribution in [3.63, 3.8) is 0 Å². The Morgan fingerprint density at radius 3 is 3.00 bits per heavy atom. The molecular weight excluding hydrogens is 207 g/mol. The summed E-state index contributed by atoms with van der Waals surface area (Å²) in [6.45, 7) is 0. The minimum absolute atomic E-state index is 0.287. The minimum atomic E-state index is -0.287. The first-order valence-corrected chi connectivity index (χ1v) is 4.73. The second-order valence-electron chi connectivity index (χ2n) is 3.38. The number of halogens is 1. The second-order valence-corrected chi connectivity index (χ2v) is 3.38. The van der Waals surface area contributed by atoms with Crippen molar-refractivity contribution in [2.45, 2.75) is 0 Å². The van der Waals surface area contributed by atoms with Crippen LogP contribution in [0.1, 0.15) is 0 Å². The molecule has 1 radical (unpaired) electrons. The third-order valence-electron chi connectivity index (χ3n) is 2.32. The van der Waals surface area contributed by atoms with Crippen LogP contribution in [0, 0.1) is 11.9 Å². The van der Waals surface area contributed by atoms with Gasteiger partial charge >= 0.3 is 0 Å². The van der Waals surface area contributed by atoms with Gasteiger partial charge in [0.05, 0.1) is 0 Å². The zero-order valence-electron chi connectivity index (χ0n) is 8.14. The van der Waals surface area contributed by atoms with Crippen LogP contribution in [-0.2, 0) is 0 Å². The third-order valence-corrected chi connectivity index (χ3v) is 2.32. The molecule has 0 aliphatic heterocycles. The highest BCUT2D eigenvalue weighted by Crippen LogP contribution is 2.23. The maximum Gasteiger partial charge on any atom is 0.188 e. The van der Waals surface area contributed by atoms with Gasteiger partial charge in [-0.1, -0.05) is 12.1 Å². The monoisotopic (exact) mass is 213 g/mol. The Labute approximate surface area is 90.5 Å². The molecule has 2 aromatic carbocycles. The fourth-order valence-corrected chi connectivity index (χ4v) is 1.55. The quantitative estimate of drug-likeness (QED) is 0.623. The summed E-state index contributed by atoms with van der Waals surface area (Å²) in [6, 6.07) is 12.7. The van der Waals surface area contributed by atoms with Gasteiger partial charge in [0.15, 0.2) is 5.58 Å². The van der Waals surface area contributed by atoms with E-state index in [-0.39, 0.29) is 5.82 Å². The van der Waals surface area contributed by atoms with Crippen molar-refractivity contribution in [3.05, 3.63) is 48.3 Å². The maximum absolute atomic E-state index is 13.0. The van der Waals surface area contributed by atoms with Crippen LogP contribution in [0.2, 0.25) is 0 Å². The number of fused-ring (bicyclic) bond motifs is 1. The van der Waals surface area contributed by atoms with Crippen molar-refractivity contribution in [1.29, 1.82) is 0 Å². The molecule has 3 aromatic rings. The Morgan fingerprint density at radius 1 is 1.19 bits per heavy atom. The average molecular weight is 213 g/mol. The van der Waals surface area contributed by atoms with Gasteiger partial charge in [-0.05, 0) is 41.5 Å². The summed E-state index contributed by atoms with van der Waals surface area (Å²) >= 11 is 0. The number of nitrogens with zero attached hydrogens (tertiary/aromatic N) is 2. The summed E-state index contributed by atoms with van der Waals surface area (Å²) in [6.07, 6.45) is 0. The first kappa shape index (κ1) is 9.03. The molecule has 77 valence electrons. The SMILES string of the molecule is Fc1cc[c]c(-c2ccc3nnoc3c2)c1. The lowest BCUT2D eigenvalue weighted by atomic mass is 10.1. The molecule has 0 bridgehead atoms. The topological polar surface area (TPSA) is 38.9 Å². The van der Waals surface area contributed by atoms with Crippen LogP contribution in [0.15, 0.2) is 40.9 Å². The summed E-state index contributed by atoms with van der Waals surface area (Å²) in [4.78, 5) is 0. The Kier molecular flexibility index (Phi) is 1.93. The van der Waals surface area contributed by atoms with E-state index in [1.165, 1.54) is 12.1 Å². The van der Waals surface area contributed by atoms with Gasteiger partial charge in [-0.15, -0.1) is 5.10 Å². The van der Waals surface area contributed by atoms with Crippen LogP contribution >= 0.6 is 0 Å². The molecule has 16 heavy (non-hydrogen) atoms. The number of rotatable bonds is 1. The van der Waals surface area contributed by atoms with Gasteiger partial charge in [0.1, 0.15) is 11.3 Å². The van der Waals surface area contributed by atoms with Crippen LogP contribution in [0.4, 0.5) is 4.39 Å². The summed E-state index contributed by atoms with van der Waals surface area (Å²) in [5.41, 5.74) is 2.76. The molecule has 3 nitrogen and oxygen atoms in total. The van der Waals surface area contributed by atoms with Gasteiger partial charge in [-0.3, -0.25) is 0 Å². The Hall–Kier alpha value is -2.23. The van der Waals surface area contributed by atoms with E-state index in [0.29, 0.717) is 16.7 Å². The standard InChI is InChI=1S/C12H6FN2O/c13-10-3-1-2-8(6-10)9-4-5-11-12(7-9)16-15-14-11/h1,3-7H. The molecular formula is C12H6FN2O. The minimum Gasteiger partial charge on any atom is -0.337 e. The Balaban J connectivity index is 2.18. The molecule has 0 saturated heterocycles. The van der Waals surface area contributed by atoms with Crippen molar-refractivity contribution in [1.82, 2.24) is 10.4 Å². The van der Waals surface area contributed by atoms with Crippen LogP contribution < -0.4 is 0 Å². The van der Waals surface area contributed by atoms with Crippen molar-refractivity contribution < 1.29 is 8.91 Å². The zero-order chi connectivity index (χ0) is 11.0. The normalized spacial score (nSPS) is 10.8. The van der Waals surface area contributed by atoms with Gasteiger partial charge in [0.25, 0.3) is 0 Å². The second kappa shape index (κ2) is 3.41. The molecule has 0 aliphatic rings. The molecule has 0 fully saturated rings. The van der Waals surface area contributed by atoms with E-state index in [4.69, 9.17) is 4.52 Å². The molecule has 1 aromatic heterocycles. The summed E-state index contributed by atoms with van der Waals surface area (Å²) in [5, 5.41) is 7.21. The lowest BCUT2D eigenvalue weighted by Crippen LogP contribution is -1.80. The third kappa shape index (κ3) is 1.44. The van der Waals surface area contributed by atoms with Crippen LogP contribution in [0.5, 0.6) is 0 Å². The lowest BCUT2D eigenvalue weighted by molar-refractivity contribution is 0.424. The van der Waals surface area contributed by atoms with E-state index in [1.807, 2.05) is 6.07 Å². The fourth-order valence-electron chi connectivity index (χ4n) is 1.55. The van der Waals surface area contributed by atoms with Gasteiger partial charge in [0.2, 0.25) is 0 Å². The van der Waals surface area contributed by atoms with Gasteiger partial charge in [-0.25, -0.2) is 4.39 Å². The predicted molar refractivity (Wildman–Crippen MR) is 56.0 cm³/mol. The van der Waals surface area contributed by atoms with Crippen LogP contribution in [-0.4, -0.2) is 10.4 Å². The van der Waals surface area contributed by atoms with E-state index in [2.05, 4.69) is 16.4 Å². The van der Waals surface area contributed by atoms with Crippen LogP contribution in [0.25, 0.3) is 22.2 Å². The molecule has 0 amide bonds. The zero-order valence-corrected chi connectivity index (χ0v) is 8.14. The van der Waals surface area contributed by atoms with E-state index in [9.17, 15) is 4.39 Å². The average Bonchev–Trinajstić information content (AvgIpc) is 2.75. The van der Waals surface area contributed by atoms with E-state index < -0.39 is 0 Å². The van der Waals surface area contributed by atoms with Gasteiger partial charge in [0, 0.05) is 5.27 Å².